The smallest absolute Gasteiger partial charge is 0.246 e. The van der Waals surface area contributed by atoms with Crippen LogP contribution in [0.25, 0.3) is 0 Å². The standard InChI is InChI=1S/C16H21N3O4/c1-19-6-5-17-16(19)15(18-14(20)10-21-2)11-7-12(22-3)9-13(8-11)23-4/h5-9,15H,10H2,1-4H3,(H,18,20)/t15-/m1/s1. The summed E-state index contributed by atoms with van der Waals surface area (Å²) in [5, 5.41) is 2.92. The summed E-state index contributed by atoms with van der Waals surface area (Å²) in [6, 6.07) is 5.02. The van der Waals surface area contributed by atoms with Gasteiger partial charge in [-0.1, -0.05) is 0 Å². The Labute approximate surface area is 135 Å². The maximum absolute atomic E-state index is 12.0. The van der Waals surface area contributed by atoms with Crippen LogP contribution in [0.15, 0.2) is 30.6 Å². The molecule has 0 bridgehead atoms. The molecule has 0 saturated carbocycles. The molecule has 1 aromatic heterocycles. The fourth-order valence-corrected chi connectivity index (χ4v) is 2.28. The van der Waals surface area contributed by atoms with E-state index in [1.54, 1.807) is 26.5 Å². The van der Waals surface area contributed by atoms with Crippen LogP contribution in [0.3, 0.4) is 0 Å². The van der Waals surface area contributed by atoms with Crippen LogP contribution >= 0.6 is 0 Å². The molecule has 0 radical (unpaired) electrons. The van der Waals surface area contributed by atoms with E-state index in [-0.39, 0.29) is 12.5 Å². The number of hydrogen-bond acceptors (Lipinski definition) is 5. The lowest BCUT2D eigenvalue weighted by atomic mass is 10.0. The molecule has 1 heterocycles. The zero-order chi connectivity index (χ0) is 16.8. The first kappa shape index (κ1) is 16.8. The lowest BCUT2D eigenvalue weighted by molar-refractivity contribution is -0.125. The highest BCUT2D eigenvalue weighted by atomic mass is 16.5. The Bertz CT molecular complexity index is 647. The summed E-state index contributed by atoms with van der Waals surface area (Å²) in [6.45, 7) is -0.0258. The molecular formula is C16H21N3O4. The largest absolute Gasteiger partial charge is 0.497 e. The van der Waals surface area contributed by atoms with E-state index in [0.717, 1.165) is 5.56 Å². The number of imidazole rings is 1. The molecule has 124 valence electrons. The molecule has 23 heavy (non-hydrogen) atoms. The van der Waals surface area contributed by atoms with Crippen molar-refractivity contribution in [2.75, 3.05) is 27.9 Å². The van der Waals surface area contributed by atoms with E-state index >= 15 is 0 Å². The second kappa shape index (κ2) is 7.64. The maximum atomic E-state index is 12.0. The highest BCUT2D eigenvalue weighted by Gasteiger charge is 2.22. The lowest BCUT2D eigenvalue weighted by Crippen LogP contribution is -2.33. The molecule has 1 atom stereocenters. The molecule has 0 unspecified atom stereocenters. The van der Waals surface area contributed by atoms with Crippen molar-refractivity contribution in [3.63, 3.8) is 0 Å². The van der Waals surface area contributed by atoms with E-state index in [2.05, 4.69) is 10.3 Å². The van der Waals surface area contributed by atoms with Gasteiger partial charge < -0.3 is 24.1 Å². The SMILES string of the molecule is COCC(=O)N[C@H](c1cc(OC)cc(OC)c1)c1nccn1C. The molecule has 0 spiro atoms. The lowest BCUT2D eigenvalue weighted by Gasteiger charge is -2.20. The average molecular weight is 319 g/mol. The van der Waals surface area contributed by atoms with Crippen molar-refractivity contribution >= 4 is 5.91 Å². The van der Waals surface area contributed by atoms with Crippen LogP contribution in [-0.2, 0) is 16.6 Å². The molecule has 1 N–H and O–H groups in total. The summed E-state index contributed by atoms with van der Waals surface area (Å²) in [5.41, 5.74) is 0.806. The van der Waals surface area contributed by atoms with Crippen LogP contribution in [0.4, 0.5) is 0 Å². The van der Waals surface area contributed by atoms with E-state index in [9.17, 15) is 4.79 Å². The number of hydrogen-bond donors (Lipinski definition) is 1. The van der Waals surface area contributed by atoms with Crippen LogP contribution < -0.4 is 14.8 Å². The Morgan fingerprint density at radius 3 is 2.35 bits per heavy atom. The second-order valence-electron chi connectivity index (χ2n) is 4.98. The topological polar surface area (TPSA) is 74.6 Å². The molecule has 0 saturated heterocycles. The van der Waals surface area contributed by atoms with E-state index in [1.807, 2.05) is 29.9 Å². The van der Waals surface area contributed by atoms with Crippen molar-refractivity contribution in [3.8, 4) is 11.5 Å². The van der Waals surface area contributed by atoms with Crippen LogP contribution in [0.2, 0.25) is 0 Å². The fourth-order valence-electron chi connectivity index (χ4n) is 2.28. The number of carbonyl (C=O) groups excluding carboxylic acids is 1. The number of methoxy groups -OCH3 is 3. The summed E-state index contributed by atoms with van der Waals surface area (Å²) in [5.74, 6) is 1.74. The van der Waals surface area contributed by atoms with Gasteiger partial charge in [0.05, 0.1) is 14.2 Å². The molecule has 0 fully saturated rings. The van der Waals surface area contributed by atoms with Crippen molar-refractivity contribution in [2.45, 2.75) is 6.04 Å². The zero-order valence-electron chi connectivity index (χ0n) is 13.7. The predicted octanol–water partition coefficient (Wildman–Crippen LogP) is 1.29. The Kier molecular flexibility index (Phi) is 5.59. The predicted molar refractivity (Wildman–Crippen MR) is 84.6 cm³/mol. The molecule has 7 heteroatoms. The molecule has 0 aliphatic rings. The zero-order valence-corrected chi connectivity index (χ0v) is 13.7. The number of aryl methyl sites for hydroxylation is 1. The monoisotopic (exact) mass is 319 g/mol. The van der Waals surface area contributed by atoms with Crippen molar-refractivity contribution in [1.29, 1.82) is 0 Å². The van der Waals surface area contributed by atoms with Gasteiger partial charge in [0.2, 0.25) is 5.91 Å². The third-order valence-electron chi connectivity index (χ3n) is 3.40. The van der Waals surface area contributed by atoms with Gasteiger partial charge in [-0.3, -0.25) is 4.79 Å². The van der Waals surface area contributed by atoms with Gasteiger partial charge >= 0.3 is 0 Å². The number of carbonyl (C=O) groups is 1. The molecular weight excluding hydrogens is 298 g/mol. The van der Waals surface area contributed by atoms with E-state index in [4.69, 9.17) is 14.2 Å². The average Bonchev–Trinajstić information content (AvgIpc) is 2.98. The minimum atomic E-state index is -0.443. The van der Waals surface area contributed by atoms with Crippen LogP contribution in [0.5, 0.6) is 11.5 Å². The number of nitrogens with zero attached hydrogens (tertiary/aromatic N) is 2. The molecule has 7 nitrogen and oxygen atoms in total. The van der Waals surface area contributed by atoms with Gasteiger partial charge in [0, 0.05) is 32.6 Å². The molecule has 2 aromatic rings. The first-order chi connectivity index (χ1) is 11.1. The first-order valence-corrected chi connectivity index (χ1v) is 7.07. The number of aromatic nitrogens is 2. The van der Waals surface area contributed by atoms with Crippen molar-refractivity contribution in [3.05, 3.63) is 42.0 Å². The van der Waals surface area contributed by atoms with E-state index in [1.165, 1.54) is 7.11 Å². The first-order valence-electron chi connectivity index (χ1n) is 7.07. The van der Waals surface area contributed by atoms with E-state index < -0.39 is 6.04 Å². The summed E-state index contributed by atoms with van der Waals surface area (Å²) < 4.78 is 17.3. The van der Waals surface area contributed by atoms with Crippen LogP contribution in [0, 0.1) is 0 Å². The Hall–Kier alpha value is -2.54. The number of nitrogens with one attached hydrogen (secondary N) is 1. The summed E-state index contributed by atoms with van der Waals surface area (Å²) in [4.78, 5) is 16.3. The third kappa shape index (κ3) is 4.01. The van der Waals surface area contributed by atoms with Crippen LogP contribution in [-0.4, -0.2) is 43.4 Å². The Morgan fingerprint density at radius 1 is 1.22 bits per heavy atom. The van der Waals surface area contributed by atoms with Crippen molar-refractivity contribution in [2.24, 2.45) is 7.05 Å². The van der Waals surface area contributed by atoms with Gasteiger partial charge in [0.25, 0.3) is 0 Å². The van der Waals surface area contributed by atoms with Gasteiger partial charge in [0.15, 0.2) is 0 Å². The fraction of sp³-hybridized carbons (Fsp3) is 0.375. The van der Waals surface area contributed by atoms with Crippen molar-refractivity contribution in [1.82, 2.24) is 14.9 Å². The summed E-state index contributed by atoms with van der Waals surface area (Å²) >= 11 is 0. The van der Waals surface area contributed by atoms with Crippen molar-refractivity contribution < 1.29 is 19.0 Å². The van der Waals surface area contributed by atoms with Gasteiger partial charge in [-0.2, -0.15) is 0 Å². The minimum absolute atomic E-state index is 0.0258. The Morgan fingerprint density at radius 2 is 1.87 bits per heavy atom. The summed E-state index contributed by atoms with van der Waals surface area (Å²) in [7, 11) is 6.51. The molecule has 0 aliphatic heterocycles. The Balaban J connectivity index is 2.44. The molecule has 2 rings (SSSR count). The van der Waals surface area contributed by atoms with Crippen LogP contribution in [0.1, 0.15) is 17.4 Å². The number of benzene rings is 1. The summed E-state index contributed by atoms with van der Waals surface area (Å²) in [6.07, 6.45) is 3.50. The third-order valence-corrected chi connectivity index (χ3v) is 3.40. The molecule has 1 aromatic carbocycles. The number of amides is 1. The van der Waals surface area contributed by atoms with Gasteiger partial charge in [0.1, 0.15) is 30.0 Å². The molecule has 1 amide bonds. The highest BCUT2D eigenvalue weighted by molar-refractivity contribution is 5.78. The minimum Gasteiger partial charge on any atom is -0.497 e. The normalized spacial score (nSPS) is 11.8. The van der Waals surface area contributed by atoms with E-state index in [0.29, 0.717) is 17.3 Å². The number of ether oxygens (including phenoxy) is 3. The molecule has 0 aliphatic carbocycles. The van der Waals surface area contributed by atoms with Gasteiger partial charge in [-0.15, -0.1) is 0 Å². The highest BCUT2D eigenvalue weighted by Crippen LogP contribution is 2.29. The quantitative estimate of drug-likeness (QED) is 0.832. The second-order valence-corrected chi connectivity index (χ2v) is 4.98. The van der Waals surface area contributed by atoms with Gasteiger partial charge in [-0.25, -0.2) is 4.98 Å². The number of rotatable bonds is 7. The van der Waals surface area contributed by atoms with Gasteiger partial charge in [-0.05, 0) is 17.7 Å². The maximum Gasteiger partial charge on any atom is 0.246 e.